The lowest BCUT2D eigenvalue weighted by atomic mass is 9.58. The summed E-state index contributed by atoms with van der Waals surface area (Å²) in [6, 6.07) is 6.77. The summed E-state index contributed by atoms with van der Waals surface area (Å²) in [5, 5.41) is 0. The highest BCUT2D eigenvalue weighted by atomic mass is 35.5. The molecule has 21 heavy (non-hydrogen) atoms. The van der Waals surface area contributed by atoms with Gasteiger partial charge in [0, 0.05) is 12.0 Å². The van der Waals surface area contributed by atoms with Crippen LogP contribution in [0.25, 0.3) is 0 Å². The predicted octanol–water partition coefficient (Wildman–Crippen LogP) is 4.05. The van der Waals surface area contributed by atoms with Crippen molar-refractivity contribution in [1.29, 1.82) is 0 Å². The molecule has 2 atom stereocenters. The topological polar surface area (TPSA) is 12.5 Å². The Kier molecular flexibility index (Phi) is 5.21. The molecule has 3 heteroatoms. The normalized spacial score (nSPS) is 28.2. The first-order valence-electron chi connectivity index (χ1n) is 8.05. The first-order valence-corrected chi connectivity index (χ1v) is 8.05. The minimum Gasteiger partial charge on any atom is -0.497 e. The number of nitrogens with zero attached hydrogens (tertiary/aromatic N) is 1. The Labute approximate surface area is 135 Å². The van der Waals surface area contributed by atoms with E-state index in [1.807, 2.05) is 0 Å². The minimum absolute atomic E-state index is 0. The Bertz CT molecular complexity index is 490. The fourth-order valence-electron chi connectivity index (χ4n) is 4.56. The van der Waals surface area contributed by atoms with Crippen LogP contribution in [0.1, 0.15) is 43.7 Å². The van der Waals surface area contributed by atoms with Gasteiger partial charge in [-0.1, -0.05) is 19.4 Å². The minimum atomic E-state index is 0. The third kappa shape index (κ3) is 2.80. The van der Waals surface area contributed by atoms with Gasteiger partial charge in [-0.25, -0.2) is 0 Å². The van der Waals surface area contributed by atoms with Crippen molar-refractivity contribution >= 4 is 12.4 Å². The zero-order valence-electron chi connectivity index (χ0n) is 13.5. The second-order valence-corrected chi connectivity index (χ2v) is 6.68. The molecule has 1 fully saturated rings. The van der Waals surface area contributed by atoms with Crippen molar-refractivity contribution in [3.05, 3.63) is 29.3 Å². The molecule has 1 aromatic rings. The van der Waals surface area contributed by atoms with Gasteiger partial charge in [0.05, 0.1) is 7.11 Å². The summed E-state index contributed by atoms with van der Waals surface area (Å²) in [5.41, 5.74) is 3.58. The van der Waals surface area contributed by atoms with Crippen molar-refractivity contribution in [1.82, 2.24) is 4.90 Å². The molecule has 0 radical (unpaired) electrons. The van der Waals surface area contributed by atoms with Crippen molar-refractivity contribution in [3.8, 4) is 5.75 Å². The number of likely N-dealkylation sites (tertiary alicyclic amines) is 1. The standard InChI is InChI=1S/C18H27NO.ClH/c1-4-9-18-10-11-19(2)13-15(18)7-5-14-6-8-16(20-3)12-17(14)18;/h6,8,12,15H,4-5,7,9-11,13H2,1-3H3;1H/t15-,18+;/m0./s1. The lowest BCUT2D eigenvalue weighted by Gasteiger charge is -2.51. The number of aryl methyl sites for hydroxylation is 1. The van der Waals surface area contributed by atoms with E-state index in [0.29, 0.717) is 5.41 Å². The SMILES string of the molecule is CCC[C@@]12CCN(C)C[C@@H]1CCc1ccc(OC)cc12.Cl. The fourth-order valence-corrected chi connectivity index (χ4v) is 4.56. The molecule has 2 nitrogen and oxygen atoms in total. The number of methoxy groups -OCH3 is 1. The van der Waals surface area contributed by atoms with Gasteiger partial charge in [0.25, 0.3) is 0 Å². The summed E-state index contributed by atoms with van der Waals surface area (Å²) >= 11 is 0. The summed E-state index contributed by atoms with van der Waals surface area (Å²) < 4.78 is 5.49. The number of hydrogen-bond donors (Lipinski definition) is 0. The highest BCUT2D eigenvalue weighted by Crippen LogP contribution is 2.50. The summed E-state index contributed by atoms with van der Waals surface area (Å²) in [6.45, 7) is 4.82. The average Bonchev–Trinajstić information content (AvgIpc) is 2.47. The van der Waals surface area contributed by atoms with Crippen LogP contribution in [0.5, 0.6) is 5.75 Å². The van der Waals surface area contributed by atoms with E-state index in [1.54, 1.807) is 18.2 Å². The quantitative estimate of drug-likeness (QED) is 0.835. The Morgan fingerprint density at radius 3 is 2.90 bits per heavy atom. The third-order valence-corrected chi connectivity index (χ3v) is 5.56. The van der Waals surface area contributed by atoms with Crippen molar-refractivity contribution < 1.29 is 4.74 Å². The molecule has 1 aliphatic carbocycles. The van der Waals surface area contributed by atoms with Crippen LogP contribution in [0.15, 0.2) is 18.2 Å². The number of rotatable bonds is 3. The number of hydrogen-bond acceptors (Lipinski definition) is 2. The molecule has 0 saturated carbocycles. The zero-order chi connectivity index (χ0) is 14.2. The molecule has 0 unspecified atom stereocenters. The molecule has 0 bridgehead atoms. The zero-order valence-corrected chi connectivity index (χ0v) is 14.3. The van der Waals surface area contributed by atoms with E-state index in [9.17, 15) is 0 Å². The van der Waals surface area contributed by atoms with Crippen LogP contribution >= 0.6 is 12.4 Å². The van der Waals surface area contributed by atoms with Crippen molar-refractivity contribution in [2.45, 2.75) is 44.4 Å². The Balaban J connectivity index is 0.00000161. The van der Waals surface area contributed by atoms with Crippen LogP contribution < -0.4 is 4.74 Å². The van der Waals surface area contributed by atoms with Gasteiger partial charge in [-0.15, -0.1) is 12.4 Å². The van der Waals surface area contributed by atoms with Crippen molar-refractivity contribution in [2.75, 3.05) is 27.2 Å². The highest BCUT2D eigenvalue weighted by Gasteiger charge is 2.45. The van der Waals surface area contributed by atoms with Crippen molar-refractivity contribution in [3.63, 3.8) is 0 Å². The first-order chi connectivity index (χ1) is 9.69. The van der Waals surface area contributed by atoms with Gasteiger partial charge in [0.15, 0.2) is 0 Å². The van der Waals surface area contributed by atoms with Crippen LogP contribution in [0.3, 0.4) is 0 Å². The molecule has 0 aromatic heterocycles. The van der Waals surface area contributed by atoms with Crippen LogP contribution in [-0.4, -0.2) is 32.1 Å². The molecule has 1 heterocycles. The number of piperidine rings is 1. The lowest BCUT2D eigenvalue weighted by Crippen LogP contribution is -2.51. The highest BCUT2D eigenvalue weighted by molar-refractivity contribution is 5.85. The molecule has 1 saturated heterocycles. The average molecular weight is 310 g/mol. The molecular weight excluding hydrogens is 282 g/mol. The summed E-state index contributed by atoms with van der Waals surface area (Å²) in [6.07, 6.45) is 6.50. The summed E-state index contributed by atoms with van der Waals surface area (Å²) in [5.74, 6) is 1.85. The largest absolute Gasteiger partial charge is 0.497 e. The summed E-state index contributed by atoms with van der Waals surface area (Å²) in [7, 11) is 4.06. The molecule has 0 N–H and O–H groups in total. The number of ether oxygens (including phenoxy) is 1. The number of benzene rings is 1. The van der Waals surface area contributed by atoms with E-state index in [-0.39, 0.29) is 12.4 Å². The molecule has 3 rings (SSSR count). The maximum absolute atomic E-state index is 5.49. The predicted molar refractivity (Wildman–Crippen MR) is 90.8 cm³/mol. The van der Waals surface area contributed by atoms with Gasteiger partial charge >= 0.3 is 0 Å². The molecule has 1 aromatic carbocycles. The Hall–Kier alpha value is -0.730. The van der Waals surface area contributed by atoms with Gasteiger partial charge in [-0.05, 0) is 68.5 Å². The van der Waals surface area contributed by atoms with E-state index >= 15 is 0 Å². The number of fused-ring (bicyclic) bond motifs is 3. The van der Waals surface area contributed by atoms with Gasteiger partial charge in [-0.2, -0.15) is 0 Å². The molecular formula is C18H28ClNO. The second-order valence-electron chi connectivity index (χ2n) is 6.68. The lowest BCUT2D eigenvalue weighted by molar-refractivity contribution is 0.0856. The molecule has 118 valence electrons. The third-order valence-electron chi connectivity index (χ3n) is 5.56. The summed E-state index contributed by atoms with van der Waals surface area (Å²) in [4.78, 5) is 2.52. The van der Waals surface area contributed by atoms with E-state index < -0.39 is 0 Å². The van der Waals surface area contributed by atoms with E-state index in [4.69, 9.17) is 4.74 Å². The van der Waals surface area contributed by atoms with Gasteiger partial charge in [0.2, 0.25) is 0 Å². The maximum Gasteiger partial charge on any atom is 0.119 e. The van der Waals surface area contributed by atoms with Crippen LogP contribution in [-0.2, 0) is 11.8 Å². The molecule has 1 aliphatic heterocycles. The Morgan fingerprint density at radius 1 is 1.38 bits per heavy atom. The number of halogens is 1. The Morgan fingerprint density at radius 2 is 2.19 bits per heavy atom. The van der Waals surface area contributed by atoms with Crippen LogP contribution in [0.2, 0.25) is 0 Å². The van der Waals surface area contributed by atoms with E-state index in [1.165, 1.54) is 45.2 Å². The van der Waals surface area contributed by atoms with E-state index in [0.717, 1.165) is 11.7 Å². The van der Waals surface area contributed by atoms with Gasteiger partial charge in [-0.3, -0.25) is 0 Å². The van der Waals surface area contributed by atoms with Gasteiger partial charge in [0.1, 0.15) is 5.75 Å². The van der Waals surface area contributed by atoms with Gasteiger partial charge < -0.3 is 9.64 Å². The van der Waals surface area contributed by atoms with Crippen LogP contribution in [0, 0.1) is 5.92 Å². The van der Waals surface area contributed by atoms with Crippen molar-refractivity contribution in [2.24, 2.45) is 5.92 Å². The van der Waals surface area contributed by atoms with E-state index in [2.05, 4.69) is 37.1 Å². The maximum atomic E-state index is 5.49. The fraction of sp³-hybridized carbons (Fsp3) is 0.667. The molecule has 0 amide bonds. The second kappa shape index (κ2) is 6.58. The van der Waals surface area contributed by atoms with Crippen LogP contribution in [0.4, 0.5) is 0 Å². The monoisotopic (exact) mass is 309 g/mol. The molecule has 0 spiro atoms. The smallest absolute Gasteiger partial charge is 0.119 e. The molecule has 2 aliphatic rings. The first kappa shape index (κ1) is 16.6.